The molecule has 29 heavy (non-hydrogen) atoms. The number of piperidine rings is 1. The van der Waals surface area contributed by atoms with Crippen LogP contribution in [-0.2, 0) is 20.8 Å². The molecule has 1 aliphatic carbocycles. The zero-order chi connectivity index (χ0) is 20.4. The van der Waals surface area contributed by atoms with Gasteiger partial charge in [0.1, 0.15) is 11.8 Å². The highest BCUT2D eigenvalue weighted by Gasteiger charge is 2.49. The van der Waals surface area contributed by atoms with E-state index < -0.39 is 6.04 Å². The van der Waals surface area contributed by atoms with Crippen LogP contribution in [0.5, 0.6) is 5.75 Å². The lowest BCUT2D eigenvalue weighted by Crippen LogP contribution is -2.51. The van der Waals surface area contributed by atoms with E-state index in [9.17, 15) is 19.5 Å². The van der Waals surface area contributed by atoms with Crippen molar-refractivity contribution in [1.29, 1.82) is 0 Å². The van der Waals surface area contributed by atoms with Crippen molar-refractivity contribution in [3.63, 3.8) is 0 Å². The first-order valence-electron chi connectivity index (χ1n) is 10.4. The van der Waals surface area contributed by atoms with Gasteiger partial charge in [-0.2, -0.15) is 0 Å². The van der Waals surface area contributed by atoms with Gasteiger partial charge in [0.15, 0.2) is 0 Å². The van der Waals surface area contributed by atoms with Crippen molar-refractivity contribution < 1.29 is 19.5 Å². The van der Waals surface area contributed by atoms with E-state index in [4.69, 9.17) is 0 Å². The summed E-state index contributed by atoms with van der Waals surface area (Å²) in [4.78, 5) is 42.9. The minimum atomic E-state index is -0.474. The molecule has 3 fully saturated rings. The highest BCUT2D eigenvalue weighted by molar-refractivity contribution is 5.88. The second-order valence-corrected chi connectivity index (χ2v) is 8.72. The number of pyridine rings is 1. The number of nitrogens with one attached hydrogen (secondary N) is 2. The van der Waals surface area contributed by atoms with Crippen LogP contribution in [0.4, 0.5) is 0 Å². The largest absolute Gasteiger partial charge is 0.506 e. The van der Waals surface area contributed by atoms with Gasteiger partial charge in [-0.3, -0.25) is 19.4 Å². The normalized spacial score (nSPS) is 25.4. The second-order valence-electron chi connectivity index (χ2n) is 8.72. The molecule has 2 atom stereocenters. The summed E-state index contributed by atoms with van der Waals surface area (Å²) in [6.07, 6.45) is 9.28. The number of rotatable bonds is 5. The molecule has 3 aliphatic rings. The van der Waals surface area contributed by atoms with Gasteiger partial charge in [-0.05, 0) is 49.1 Å². The second kappa shape index (κ2) is 8.00. The van der Waals surface area contributed by atoms with E-state index in [1.54, 1.807) is 12.3 Å². The Labute approximate surface area is 170 Å². The van der Waals surface area contributed by atoms with E-state index in [2.05, 4.69) is 15.6 Å². The smallest absolute Gasteiger partial charge is 0.242 e. The Hall–Kier alpha value is -2.64. The molecule has 4 rings (SSSR count). The van der Waals surface area contributed by atoms with Gasteiger partial charge in [-0.1, -0.05) is 6.42 Å². The first-order chi connectivity index (χ1) is 13.9. The van der Waals surface area contributed by atoms with Gasteiger partial charge in [0, 0.05) is 31.7 Å². The van der Waals surface area contributed by atoms with Gasteiger partial charge in [-0.25, -0.2) is 0 Å². The third-order valence-corrected chi connectivity index (χ3v) is 6.55. The Balaban J connectivity index is 1.39. The highest BCUT2D eigenvalue weighted by atomic mass is 16.3. The van der Waals surface area contributed by atoms with Gasteiger partial charge < -0.3 is 20.6 Å². The minimum absolute atomic E-state index is 0.00797. The lowest BCUT2D eigenvalue weighted by molar-refractivity contribution is -0.133. The Kier molecular flexibility index (Phi) is 5.43. The van der Waals surface area contributed by atoms with E-state index in [1.165, 1.54) is 12.6 Å². The molecule has 1 aromatic heterocycles. The van der Waals surface area contributed by atoms with Gasteiger partial charge >= 0.3 is 0 Å². The fourth-order valence-corrected chi connectivity index (χ4v) is 4.87. The van der Waals surface area contributed by atoms with Crippen molar-refractivity contribution >= 4 is 17.7 Å². The maximum atomic E-state index is 13.0. The van der Waals surface area contributed by atoms with Crippen LogP contribution in [0, 0.1) is 5.41 Å². The first kappa shape index (κ1) is 19.7. The summed E-state index contributed by atoms with van der Waals surface area (Å²) in [5, 5.41) is 15.3. The van der Waals surface area contributed by atoms with Crippen molar-refractivity contribution in [3.8, 4) is 5.75 Å². The molecule has 1 saturated carbocycles. The van der Waals surface area contributed by atoms with Gasteiger partial charge in [0.05, 0.1) is 12.6 Å². The molecule has 3 N–H and O–H groups in total. The standard InChI is InChI=1S/C21H28N4O4/c26-16-7-14(10-22-12-16)8-19(28)25-13-21(5-2-6-21)9-15(25)11-23-20(29)17-3-1-4-18(27)24-17/h7,10,12,15,17,26H,1-6,8-9,11,13H2,(H,23,29)(H,24,27)/t15?,17-/m1/s1. The summed E-state index contributed by atoms with van der Waals surface area (Å²) in [6, 6.07) is 1.04. The summed E-state index contributed by atoms with van der Waals surface area (Å²) in [5.74, 6) is -0.212. The fourth-order valence-electron chi connectivity index (χ4n) is 4.87. The predicted octanol–water partition coefficient (Wildman–Crippen LogP) is 0.886. The fraction of sp³-hybridized carbons (Fsp3) is 0.619. The van der Waals surface area contributed by atoms with E-state index in [1.807, 2.05) is 4.90 Å². The molecule has 0 radical (unpaired) electrons. The lowest BCUT2D eigenvalue weighted by atomic mass is 9.67. The van der Waals surface area contributed by atoms with Crippen LogP contribution in [0.1, 0.15) is 50.5 Å². The molecule has 1 aromatic rings. The van der Waals surface area contributed by atoms with Crippen LogP contribution in [0.2, 0.25) is 0 Å². The predicted molar refractivity (Wildman–Crippen MR) is 105 cm³/mol. The molecule has 2 saturated heterocycles. The monoisotopic (exact) mass is 400 g/mol. The van der Waals surface area contributed by atoms with Gasteiger partial charge in [0.2, 0.25) is 17.7 Å². The highest BCUT2D eigenvalue weighted by Crippen LogP contribution is 2.50. The van der Waals surface area contributed by atoms with E-state index >= 15 is 0 Å². The minimum Gasteiger partial charge on any atom is -0.506 e. The maximum Gasteiger partial charge on any atom is 0.242 e. The van der Waals surface area contributed by atoms with Gasteiger partial charge in [-0.15, -0.1) is 0 Å². The van der Waals surface area contributed by atoms with E-state index in [-0.39, 0.29) is 41.3 Å². The van der Waals surface area contributed by atoms with Crippen molar-refractivity contribution in [2.45, 2.75) is 63.5 Å². The van der Waals surface area contributed by atoms with Crippen molar-refractivity contribution in [2.24, 2.45) is 5.41 Å². The number of aromatic hydroxyl groups is 1. The molecule has 2 aliphatic heterocycles. The number of carbonyl (C=O) groups excluding carboxylic acids is 3. The summed E-state index contributed by atoms with van der Waals surface area (Å²) < 4.78 is 0. The van der Waals surface area contributed by atoms with Gasteiger partial charge in [0.25, 0.3) is 0 Å². The maximum absolute atomic E-state index is 13.0. The molecule has 156 valence electrons. The molecule has 8 nitrogen and oxygen atoms in total. The van der Waals surface area contributed by atoms with Crippen LogP contribution in [-0.4, -0.2) is 57.9 Å². The Morgan fingerprint density at radius 3 is 2.83 bits per heavy atom. The number of likely N-dealkylation sites (tertiary alicyclic amines) is 1. The number of hydrogen-bond donors (Lipinski definition) is 3. The third kappa shape index (κ3) is 4.36. The van der Waals surface area contributed by atoms with E-state index in [0.717, 1.165) is 32.2 Å². The van der Waals surface area contributed by atoms with Crippen molar-refractivity contribution in [1.82, 2.24) is 20.5 Å². The van der Waals surface area contributed by atoms with E-state index in [0.29, 0.717) is 24.9 Å². The molecule has 8 heteroatoms. The number of hydrogen-bond acceptors (Lipinski definition) is 5. The van der Waals surface area contributed by atoms with Crippen LogP contribution < -0.4 is 10.6 Å². The molecule has 0 aromatic carbocycles. The molecule has 3 heterocycles. The van der Waals surface area contributed by atoms with Crippen molar-refractivity contribution in [3.05, 3.63) is 24.0 Å². The van der Waals surface area contributed by atoms with Crippen LogP contribution in [0.3, 0.4) is 0 Å². The average molecular weight is 400 g/mol. The average Bonchev–Trinajstić information content (AvgIpc) is 3.07. The van der Waals surface area contributed by atoms with Crippen LogP contribution >= 0.6 is 0 Å². The number of nitrogens with zero attached hydrogens (tertiary/aromatic N) is 2. The van der Waals surface area contributed by atoms with Crippen molar-refractivity contribution in [2.75, 3.05) is 13.1 Å². The zero-order valence-electron chi connectivity index (χ0n) is 16.5. The molecular weight excluding hydrogens is 372 g/mol. The Morgan fingerprint density at radius 1 is 1.31 bits per heavy atom. The molecule has 0 bridgehead atoms. The third-order valence-electron chi connectivity index (χ3n) is 6.55. The van der Waals surface area contributed by atoms with Crippen LogP contribution in [0.25, 0.3) is 0 Å². The summed E-state index contributed by atoms with van der Waals surface area (Å²) in [7, 11) is 0. The first-order valence-corrected chi connectivity index (χ1v) is 10.4. The topological polar surface area (TPSA) is 112 Å². The molecule has 1 spiro atoms. The summed E-state index contributed by atoms with van der Waals surface area (Å²) >= 11 is 0. The quantitative estimate of drug-likeness (QED) is 0.680. The summed E-state index contributed by atoms with van der Waals surface area (Å²) in [5.41, 5.74) is 0.860. The number of carbonyl (C=O) groups is 3. The van der Waals surface area contributed by atoms with Crippen LogP contribution in [0.15, 0.2) is 18.5 Å². The molecular formula is C21H28N4O4. The molecule has 3 amide bonds. The Morgan fingerprint density at radius 2 is 2.14 bits per heavy atom. The lowest BCUT2D eigenvalue weighted by Gasteiger charge is -2.37. The number of aromatic nitrogens is 1. The number of amides is 3. The SMILES string of the molecule is O=C1CCC[C@H](C(=O)NCC2CC3(CCC3)CN2C(=O)Cc2cncc(O)c2)N1. The molecule has 1 unspecified atom stereocenters. The Bertz CT molecular complexity index is 808. The zero-order valence-corrected chi connectivity index (χ0v) is 16.5. The summed E-state index contributed by atoms with van der Waals surface area (Å²) in [6.45, 7) is 1.12.